The Morgan fingerprint density at radius 2 is 1.68 bits per heavy atom. The molecule has 1 nitrogen and oxygen atoms in total. The van der Waals surface area contributed by atoms with Gasteiger partial charge in [0.25, 0.3) is 0 Å². The molecule has 0 aliphatic heterocycles. The Labute approximate surface area is 191 Å². The second-order valence-corrected chi connectivity index (χ2v) is 9.88. The molecule has 0 spiro atoms. The summed E-state index contributed by atoms with van der Waals surface area (Å²) in [5, 5.41) is 0. The Kier molecular flexibility index (Phi) is 9.32. The zero-order valence-corrected chi connectivity index (χ0v) is 21.1. The molecule has 0 radical (unpaired) electrons. The highest BCUT2D eigenvalue weighted by Crippen LogP contribution is 2.40. The minimum Gasteiger partial charge on any atom is -0.373 e. The normalized spacial score (nSPS) is 17.9. The molecule has 1 aromatic rings. The molecule has 2 rings (SSSR count). The minimum absolute atomic E-state index is 0.296. The van der Waals surface area contributed by atoms with E-state index in [1.807, 2.05) is 0 Å². The van der Waals surface area contributed by atoms with E-state index in [1.54, 1.807) is 5.57 Å². The lowest BCUT2D eigenvalue weighted by Crippen LogP contribution is -2.19. The van der Waals surface area contributed by atoms with Gasteiger partial charge < -0.3 is 4.74 Å². The van der Waals surface area contributed by atoms with E-state index >= 15 is 0 Å². The van der Waals surface area contributed by atoms with Crippen LogP contribution in [0.3, 0.4) is 0 Å². The first-order chi connectivity index (χ1) is 14.6. The van der Waals surface area contributed by atoms with Gasteiger partial charge in [0.1, 0.15) is 0 Å². The van der Waals surface area contributed by atoms with Gasteiger partial charge >= 0.3 is 0 Å². The Balaban J connectivity index is 1.87. The van der Waals surface area contributed by atoms with Gasteiger partial charge in [-0.25, -0.2) is 0 Å². The van der Waals surface area contributed by atoms with Crippen LogP contribution < -0.4 is 0 Å². The minimum atomic E-state index is 0.296. The van der Waals surface area contributed by atoms with Gasteiger partial charge in [-0.15, -0.1) is 0 Å². The van der Waals surface area contributed by atoms with Crippen molar-refractivity contribution < 1.29 is 4.74 Å². The van der Waals surface area contributed by atoms with E-state index in [2.05, 4.69) is 104 Å². The lowest BCUT2D eigenvalue weighted by Gasteiger charge is -2.32. The summed E-state index contributed by atoms with van der Waals surface area (Å²) in [6, 6.07) is 4.46. The molecule has 0 atom stereocenters. The van der Waals surface area contributed by atoms with Gasteiger partial charge in [0.15, 0.2) is 0 Å². The molecule has 0 saturated carbocycles. The van der Waals surface area contributed by atoms with Gasteiger partial charge in [-0.2, -0.15) is 0 Å². The Morgan fingerprint density at radius 3 is 2.32 bits per heavy atom. The van der Waals surface area contributed by atoms with Crippen LogP contribution in [0.25, 0.3) is 0 Å². The fraction of sp³-hybridized carbons (Fsp3) is 0.467. The predicted molar refractivity (Wildman–Crippen MR) is 136 cm³/mol. The summed E-state index contributed by atoms with van der Waals surface area (Å²) in [5.41, 5.74) is 11.1. The first kappa shape index (κ1) is 25.1. The van der Waals surface area contributed by atoms with Crippen molar-refractivity contribution in [3.05, 3.63) is 93.1 Å². The van der Waals surface area contributed by atoms with Crippen LogP contribution in [0, 0.1) is 26.2 Å². The lowest BCUT2D eigenvalue weighted by molar-refractivity contribution is 0.147. The van der Waals surface area contributed by atoms with Crippen molar-refractivity contribution in [2.75, 3.05) is 6.61 Å². The average molecular weight is 419 g/mol. The highest BCUT2D eigenvalue weighted by Gasteiger charge is 2.26. The van der Waals surface area contributed by atoms with Crippen LogP contribution in [0.15, 0.2) is 70.9 Å². The number of hydrogen-bond donors (Lipinski definition) is 0. The van der Waals surface area contributed by atoms with Crippen molar-refractivity contribution in [2.45, 2.75) is 81.3 Å². The zero-order chi connectivity index (χ0) is 23.0. The number of allylic oxidation sites excluding steroid dienone is 9. The van der Waals surface area contributed by atoms with Gasteiger partial charge in [0, 0.05) is 0 Å². The molecule has 0 saturated heterocycles. The molecule has 0 amide bonds. The van der Waals surface area contributed by atoms with Crippen LogP contribution in [0.2, 0.25) is 0 Å². The van der Waals surface area contributed by atoms with E-state index in [1.165, 1.54) is 58.2 Å². The maximum absolute atomic E-state index is 5.91. The number of ether oxygens (including phenoxy) is 1. The largest absolute Gasteiger partial charge is 0.373 e. The quantitative estimate of drug-likeness (QED) is 0.303. The molecule has 0 bridgehead atoms. The Morgan fingerprint density at radius 1 is 1.00 bits per heavy atom. The summed E-state index contributed by atoms with van der Waals surface area (Å²) in [4.78, 5) is 0. The summed E-state index contributed by atoms with van der Waals surface area (Å²) in [5.74, 6) is 0. The van der Waals surface area contributed by atoms with Gasteiger partial charge in [0.05, 0.1) is 13.2 Å². The van der Waals surface area contributed by atoms with Gasteiger partial charge in [0.2, 0.25) is 0 Å². The topological polar surface area (TPSA) is 9.23 Å². The molecule has 0 heterocycles. The highest BCUT2D eigenvalue weighted by atomic mass is 16.5. The predicted octanol–water partition coefficient (Wildman–Crippen LogP) is 8.66. The summed E-state index contributed by atoms with van der Waals surface area (Å²) in [7, 11) is 0. The zero-order valence-electron chi connectivity index (χ0n) is 21.1. The van der Waals surface area contributed by atoms with Crippen molar-refractivity contribution in [3.63, 3.8) is 0 Å². The van der Waals surface area contributed by atoms with E-state index in [9.17, 15) is 0 Å². The molecule has 0 aromatic heterocycles. The highest BCUT2D eigenvalue weighted by molar-refractivity contribution is 5.38. The fourth-order valence-electron chi connectivity index (χ4n) is 4.49. The number of hydrogen-bond acceptors (Lipinski definition) is 1. The number of benzene rings is 1. The lowest BCUT2D eigenvalue weighted by atomic mass is 9.72. The van der Waals surface area contributed by atoms with E-state index in [4.69, 9.17) is 4.74 Å². The summed E-state index contributed by atoms with van der Waals surface area (Å²) < 4.78 is 5.91. The third kappa shape index (κ3) is 7.82. The van der Waals surface area contributed by atoms with Gasteiger partial charge in [-0.1, -0.05) is 84.7 Å². The first-order valence-corrected chi connectivity index (χ1v) is 11.6. The molecule has 1 heteroatoms. The van der Waals surface area contributed by atoms with Crippen molar-refractivity contribution in [1.82, 2.24) is 0 Å². The third-order valence-corrected chi connectivity index (χ3v) is 6.38. The standard InChI is InChI=1S/C30H42O/c1-22(14-15-29-25(4)13-10-17-30(29,7)8)11-9-12-23(2)16-18-31-21-28-26(5)19-24(3)20-27(28)6/h9,11-12,14-16,19-20H,10,13,17-18,21H2,1-8H3. The van der Waals surface area contributed by atoms with Crippen molar-refractivity contribution in [3.8, 4) is 0 Å². The average Bonchev–Trinajstić information content (AvgIpc) is 2.65. The molecule has 1 aliphatic rings. The molecular weight excluding hydrogens is 376 g/mol. The van der Waals surface area contributed by atoms with Crippen LogP contribution in [0.5, 0.6) is 0 Å². The smallest absolute Gasteiger partial charge is 0.0726 e. The molecule has 1 aliphatic carbocycles. The monoisotopic (exact) mass is 418 g/mol. The molecule has 0 fully saturated rings. The van der Waals surface area contributed by atoms with Crippen molar-refractivity contribution in [1.29, 1.82) is 0 Å². The van der Waals surface area contributed by atoms with E-state index in [-0.39, 0.29) is 0 Å². The van der Waals surface area contributed by atoms with Gasteiger partial charge in [-0.3, -0.25) is 0 Å². The maximum Gasteiger partial charge on any atom is 0.0726 e. The van der Waals surface area contributed by atoms with Crippen LogP contribution in [-0.2, 0) is 11.3 Å². The first-order valence-electron chi connectivity index (χ1n) is 11.6. The SMILES string of the molecule is CC(C=CC1=C(C)CCCC1(C)C)=CC=CC(C)=CCOCc1c(C)cc(C)cc1C. The maximum atomic E-state index is 5.91. The summed E-state index contributed by atoms with van der Waals surface area (Å²) in [6.45, 7) is 19.1. The number of aryl methyl sites for hydroxylation is 3. The van der Waals surface area contributed by atoms with Crippen molar-refractivity contribution >= 4 is 0 Å². The summed E-state index contributed by atoms with van der Waals surface area (Å²) in [6.07, 6.45) is 17.0. The second kappa shape index (κ2) is 11.5. The van der Waals surface area contributed by atoms with Crippen LogP contribution in [-0.4, -0.2) is 6.61 Å². The molecule has 0 N–H and O–H groups in total. The summed E-state index contributed by atoms with van der Waals surface area (Å²) >= 11 is 0. The molecule has 31 heavy (non-hydrogen) atoms. The molecule has 1 aromatic carbocycles. The Hall–Kier alpha value is -2.12. The second-order valence-electron chi connectivity index (χ2n) is 9.88. The van der Waals surface area contributed by atoms with Crippen LogP contribution in [0.4, 0.5) is 0 Å². The van der Waals surface area contributed by atoms with Crippen LogP contribution >= 0.6 is 0 Å². The number of rotatable bonds is 8. The molecule has 168 valence electrons. The Bertz CT molecular complexity index is 893. The van der Waals surface area contributed by atoms with E-state index < -0.39 is 0 Å². The fourth-order valence-corrected chi connectivity index (χ4v) is 4.49. The van der Waals surface area contributed by atoms with Crippen LogP contribution in [0.1, 0.15) is 76.1 Å². The molecule has 0 unspecified atom stereocenters. The third-order valence-electron chi connectivity index (χ3n) is 6.38. The van der Waals surface area contributed by atoms with E-state index in [0.717, 1.165) is 0 Å². The van der Waals surface area contributed by atoms with E-state index in [0.29, 0.717) is 18.6 Å². The molecular formula is C30H42O. The van der Waals surface area contributed by atoms with Crippen molar-refractivity contribution in [2.24, 2.45) is 5.41 Å². The van der Waals surface area contributed by atoms with Gasteiger partial charge in [-0.05, 0) is 88.5 Å².